The van der Waals surface area contributed by atoms with Crippen LogP contribution >= 0.6 is 0 Å². The van der Waals surface area contributed by atoms with Gasteiger partial charge in [0.1, 0.15) is 6.17 Å². The first-order valence-electron chi connectivity index (χ1n) is 3.19. The molecular weight excluding hydrogens is 129 g/mol. The Hall–Kier alpha value is -1.05. The average Bonchev–Trinajstić information content (AvgIpc) is 1.88. The molecule has 0 bridgehead atoms. The van der Waals surface area contributed by atoms with Gasteiger partial charge in [-0.3, -0.25) is 0 Å². The number of hydrogen-bond donors (Lipinski definition) is 1. The van der Waals surface area contributed by atoms with Gasteiger partial charge in [0.05, 0.1) is 0 Å². The van der Waals surface area contributed by atoms with E-state index in [-0.39, 0.29) is 0 Å². The van der Waals surface area contributed by atoms with Crippen molar-refractivity contribution >= 4 is 5.69 Å². The second-order valence-corrected chi connectivity index (χ2v) is 2.28. The van der Waals surface area contributed by atoms with Crippen molar-refractivity contribution in [3.8, 4) is 0 Å². The van der Waals surface area contributed by atoms with Crippen LogP contribution in [0.4, 0.5) is 10.1 Å². The predicted molar refractivity (Wildman–Crippen MR) is 40.4 cm³/mol. The summed E-state index contributed by atoms with van der Waals surface area (Å²) in [5.74, 6) is 0. The zero-order chi connectivity index (χ0) is 7.56. The molecule has 0 spiro atoms. The highest BCUT2D eigenvalue weighted by Gasteiger charge is 1.99. The van der Waals surface area contributed by atoms with Gasteiger partial charge in [-0.25, -0.2) is 4.39 Å². The van der Waals surface area contributed by atoms with E-state index in [4.69, 9.17) is 5.73 Å². The van der Waals surface area contributed by atoms with Crippen LogP contribution < -0.4 is 5.73 Å². The minimum Gasteiger partial charge on any atom is -0.399 e. The summed E-state index contributed by atoms with van der Waals surface area (Å²) < 4.78 is 12.5. The summed E-state index contributed by atoms with van der Waals surface area (Å²) in [6.07, 6.45) is -0.902. The molecule has 1 atom stereocenters. The van der Waals surface area contributed by atoms with Gasteiger partial charge in [0.15, 0.2) is 0 Å². The van der Waals surface area contributed by atoms with Crippen molar-refractivity contribution in [1.82, 2.24) is 0 Å². The normalized spacial score (nSPS) is 13.0. The Bertz CT molecular complexity index is 203. The maximum Gasteiger partial charge on any atom is 0.122 e. The second kappa shape index (κ2) is 2.69. The Morgan fingerprint density at radius 3 is 2.20 bits per heavy atom. The van der Waals surface area contributed by atoms with Gasteiger partial charge in [0.25, 0.3) is 0 Å². The summed E-state index contributed by atoms with van der Waals surface area (Å²) in [6.45, 7) is 1.51. The molecular formula is C8H10FN. The van der Waals surface area contributed by atoms with Crippen LogP contribution in [0, 0.1) is 0 Å². The third-order valence-corrected chi connectivity index (χ3v) is 1.40. The van der Waals surface area contributed by atoms with Gasteiger partial charge in [-0.2, -0.15) is 0 Å². The molecule has 0 saturated heterocycles. The van der Waals surface area contributed by atoms with Crippen LogP contribution in [-0.4, -0.2) is 0 Å². The van der Waals surface area contributed by atoms with Crippen LogP contribution in [0.25, 0.3) is 0 Å². The molecule has 10 heavy (non-hydrogen) atoms. The second-order valence-electron chi connectivity index (χ2n) is 2.28. The molecule has 1 aromatic rings. The van der Waals surface area contributed by atoms with Crippen molar-refractivity contribution in [3.05, 3.63) is 29.8 Å². The molecule has 2 N–H and O–H groups in total. The standard InChI is InChI=1S/C8H10FN/c1-6(9)7-2-4-8(10)5-3-7/h2-6H,10H2,1H3. The third kappa shape index (κ3) is 1.47. The van der Waals surface area contributed by atoms with E-state index in [2.05, 4.69) is 0 Å². The fraction of sp³-hybridized carbons (Fsp3) is 0.250. The van der Waals surface area contributed by atoms with Gasteiger partial charge in [-0.05, 0) is 24.6 Å². The minimum atomic E-state index is -0.902. The van der Waals surface area contributed by atoms with Crippen LogP contribution in [-0.2, 0) is 0 Å². The molecule has 0 heterocycles. The van der Waals surface area contributed by atoms with Crippen molar-refractivity contribution in [2.75, 3.05) is 5.73 Å². The largest absolute Gasteiger partial charge is 0.399 e. The van der Waals surface area contributed by atoms with Gasteiger partial charge in [0, 0.05) is 5.69 Å². The van der Waals surface area contributed by atoms with Crippen molar-refractivity contribution in [3.63, 3.8) is 0 Å². The summed E-state index contributed by atoms with van der Waals surface area (Å²) in [6, 6.07) is 6.79. The van der Waals surface area contributed by atoms with Crippen LogP contribution in [0.2, 0.25) is 0 Å². The van der Waals surface area contributed by atoms with Crippen molar-refractivity contribution in [2.24, 2.45) is 0 Å². The highest BCUT2D eigenvalue weighted by molar-refractivity contribution is 5.39. The molecule has 1 unspecified atom stereocenters. The average molecular weight is 139 g/mol. The zero-order valence-corrected chi connectivity index (χ0v) is 5.84. The number of rotatable bonds is 1. The molecule has 1 aromatic carbocycles. The molecule has 1 nitrogen and oxygen atoms in total. The van der Waals surface area contributed by atoms with E-state index in [1.54, 1.807) is 24.3 Å². The van der Waals surface area contributed by atoms with Crippen LogP contribution in [0.3, 0.4) is 0 Å². The fourth-order valence-corrected chi connectivity index (χ4v) is 0.761. The molecule has 0 aliphatic rings. The van der Waals surface area contributed by atoms with Crippen molar-refractivity contribution in [2.45, 2.75) is 13.1 Å². The zero-order valence-electron chi connectivity index (χ0n) is 5.84. The molecule has 0 aromatic heterocycles. The summed E-state index contributed by atoms with van der Waals surface area (Å²) >= 11 is 0. The number of nitrogen functional groups attached to an aromatic ring is 1. The first-order valence-corrected chi connectivity index (χ1v) is 3.19. The van der Waals surface area contributed by atoms with Gasteiger partial charge < -0.3 is 5.73 Å². The Labute approximate surface area is 59.7 Å². The summed E-state index contributed by atoms with van der Waals surface area (Å²) in [5.41, 5.74) is 6.75. The molecule has 0 fully saturated rings. The third-order valence-electron chi connectivity index (χ3n) is 1.40. The van der Waals surface area contributed by atoms with Crippen molar-refractivity contribution < 1.29 is 4.39 Å². The minimum absolute atomic E-state index is 0.671. The van der Waals surface area contributed by atoms with Crippen LogP contribution in [0.1, 0.15) is 18.7 Å². The van der Waals surface area contributed by atoms with Crippen LogP contribution in [0.5, 0.6) is 0 Å². The lowest BCUT2D eigenvalue weighted by Gasteiger charge is -2.00. The SMILES string of the molecule is CC(F)c1ccc(N)cc1. The molecule has 0 aliphatic heterocycles. The number of benzene rings is 1. The molecule has 0 amide bonds. The first-order chi connectivity index (χ1) is 4.70. The molecule has 0 saturated carbocycles. The first kappa shape index (κ1) is 7.06. The van der Waals surface area contributed by atoms with Gasteiger partial charge in [-0.15, -0.1) is 0 Å². The van der Waals surface area contributed by atoms with Crippen LogP contribution in [0.15, 0.2) is 24.3 Å². The van der Waals surface area contributed by atoms with E-state index >= 15 is 0 Å². The van der Waals surface area contributed by atoms with E-state index in [1.807, 2.05) is 0 Å². The number of alkyl halides is 1. The molecule has 54 valence electrons. The predicted octanol–water partition coefficient (Wildman–Crippen LogP) is 2.30. The van der Waals surface area contributed by atoms with E-state index in [0.717, 1.165) is 0 Å². The number of halogens is 1. The molecule has 1 rings (SSSR count). The lowest BCUT2D eigenvalue weighted by molar-refractivity contribution is 0.374. The lowest BCUT2D eigenvalue weighted by Crippen LogP contribution is -1.87. The Kier molecular flexibility index (Phi) is 1.90. The van der Waals surface area contributed by atoms with Gasteiger partial charge in [0.2, 0.25) is 0 Å². The number of anilines is 1. The Morgan fingerprint density at radius 1 is 1.30 bits per heavy atom. The number of hydrogen-bond acceptors (Lipinski definition) is 1. The molecule has 2 heteroatoms. The monoisotopic (exact) mass is 139 g/mol. The fourth-order valence-electron chi connectivity index (χ4n) is 0.761. The lowest BCUT2D eigenvalue weighted by atomic mass is 10.1. The Balaban J connectivity index is 2.89. The molecule has 0 aliphatic carbocycles. The van der Waals surface area contributed by atoms with Gasteiger partial charge >= 0.3 is 0 Å². The summed E-state index contributed by atoms with van der Waals surface area (Å²) in [4.78, 5) is 0. The van der Waals surface area contributed by atoms with E-state index in [1.165, 1.54) is 6.92 Å². The molecule has 0 radical (unpaired) electrons. The summed E-state index contributed by atoms with van der Waals surface area (Å²) in [7, 11) is 0. The topological polar surface area (TPSA) is 26.0 Å². The highest BCUT2D eigenvalue weighted by Crippen LogP contribution is 2.16. The van der Waals surface area contributed by atoms with E-state index in [9.17, 15) is 4.39 Å². The van der Waals surface area contributed by atoms with Gasteiger partial charge in [-0.1, -0.05) is 12.1 Å². The Morgan fingerprint density at radius 2 is 1.80 bits per heavy atom. The maximum absolute atomic E-state index is 12.5. The maximum atomic E-state index is 12.5. The quantitative estimate of drug-likeness (QED) is 0.593. The number of nitrogens with two attached hydrogens (primary N) is 1. The smallest absolute Gasteiger partial charge is 0.122 e. The highest BCUT2D eigenvalue weighted by atomic mass is 19.1. The van der Waals surface area contributed by atoms with E-state index in [0.29, 0.717) is 11.3 Å². The van der Waals surface area contributed by atoms with Crippen molar-refractivity contribution in [1.29, 1.82) is 0 Å². The van der Waals surface area contributed by atoms with E-state index < -0.39 is 6.17 Å². The summed E-state index contributed by atoms with van der Waals surface area (Å²) in [5, 5.41) is 0.